The van der Waals surface area contributed by atoms with E-state index in [1.54, 1.807) is 0 Å². The van der Waals surface area contributed by atoms with E-state index in [1.165, 1.54) is 36.6 Å². The highest BCUT2D eigenvalue weighted by Gasteiger charge is 2.38. The van der Waals surface area contributed by atoms with E-state index in [-0.39, 0.29) is 16.9 Å². The van der Waals surface area contributed by atoms with E-state index in [4.69, 9.17) is 4.42 Å². The summed E-state index contributed by atoms with van der Waals surface area (Å²) in [5, 5.41) is 3.17. The Bertz CT molecular complexity index is 909. The summed E-state index contributed by atoms with van der Waals surface area (Å²) in [6, 6.07) is 3.32. The van der Waals surface area contributed by atoms with Gasteiger partial charge >= 0.3 is 12.1 Å². The van der Waals surface area contributed by atoms with Gasteiger partial charge in [-0.15, -0.1) is 11.8 Å². The molecule has 0 aliphatic carbocycles. The van der Waals surface area contributed by atoms with Gasteiger partial charge in [-0.1, -0.05) is 11.2 Å². The number of benzene rings is 1. The number of hydrogen-bond acceptors (Lipinski definition) is 7. The summed E-state index contributed by atoms with van der Waals surface area (Å²) in [7, 11) is 0. The van der Waals surface area contributed by atoms with Gasteiger partial charge < -0.3 is 8.94 Å². The monoisotopic (exact) mass is 387 g/mol. The third-order valence-corrected chi connectivity index (χ3v) is 4.13. The van der Waals surface area contributed by atoms with Crippen molar-refractivity contribution in [2.75, 3.05) is 5.75 Å². The average Bonchev–Trinajstić information content (AvgIpc) is 3.26. The molecular formula is C15H9F4N3O3S. The van der Waals surface area contributed by atoms with Crippen LogP contribution in [-0.4, -0.2) is 26.7 Å². The molecule has 0 radical (unpaired) electrons. The third-order valence-electron chi connectivity index (χ3n) is 3.16. The first kappa shape index (κ1) is 18.1. The van der Waals surface area contributed by atoms with Crippen LogP contribution in [0.1, 0.15) is 21.9 Å². The molecule has 0 amide bonds. The van der Waals surface area contributed by atoms with Crippen molar-refractivity contribution >= 4 is 17.5 Å². The molecule has 0 aliphatic rings. The number of aromatic nitrogens is 3. The Kier molecular flexibility index (Phi) is 5.07. The molecule has 0 bridgehead atoms. The number of oxazole rings is 1. The van der Waals surface area contributed by atoms with Crippen LogP contribution in [0.15, 0.2) is 39.8 Å². The van der Waals surface area contributed by atoms with Crippen molar-refractivity contribution < 1.29 is 31.3 Å². The molecule has 0 fully saturated rings. The number of hydrogen-bond donors (Lipinski definition) is 0. The molecule has 2 heterocycles. The van der Waals surface area contributed by atoms with Gasteiger partial charge in [-0.25, -0.2) is 9.37 Å². The summed E-state index contributed by atoms with van der Waals surface area (Å²) in [5.74, 6) is -2.87. The van der Waals surface area contributed by atoms with Gasteiger partial charge in [0.1, 0.15) is 12.1 Å². The lowest BCUT2D eigenvalue weighted by Crippen LogP contribution is -2.06. The van der Waals surface area contributed by atoms with Crippen LogP contribution < -0.4 is 0 Å². The van der Waals surface area contributed by atoms with E-state index in [2.05, 4.69) is 19.6 Å². The minimum Gasteiger partial charge on any atom is -0.451 e. The zero-order valence-corrected chi connectivity index (χ0v) is 13.6. The van der Waals surface area contributed by atoms with Crippen molar-refractivity contribution in [3.05, 3.63) is 53.8 Å². The summed E-state index contributed by atoms with van der Waals surface area (Å²) in [5.41, 5.74) is 0.436. The number of Topliss-reactive ketones (excluding diaryl/α,β-unsaturated/α-hetero) is 1. The Balaban J connectivity index is 1.68. The maximum absolute atomic E-state index is 14.2. The molecule has 0 spiro atoms. The van der Waals surface area contributed by atoms with Crippen LogP contribution in [0.3, 0.4) is 0 Å². The first-order chi connectivity index (χ1) is 12.3. The smallest absolute Gasteiger partial charge is 0.451 e. The topological polar surface area (TPSA) is 82.0 Å². The fraction of sp³-hybridized carbons (Fsp3) is 0.200. The second kappa shape index (κ2) is 7.28. The van der Waals surface area contributed by atoms with Gasteiger partial charge in [-0.05, 0) is 12.1 Å². The van der Waals surface area contributed by atoms with Gasteiger partial charge in [0.05, 0.1) is 17.0 Å². The molecule has 1 aromatic carbocycles. The highest BCUT2D eigenvalue weighted by molar-refractivity contribution is 7.99. The van der Waals surface area contributed by atoms with Gasteiger partial charge in [-0.3, -0.25) is 4.79 Å². The summed E-state index contributed by atoms with van der Waals surface area (Å²) in [4.78, 5) is 19.1. The lowest BCUT2D eigenvalue weighted by Gasteiger charge is -2.03. The second-order valence-corrected chi connectivity index (χ2v) is 6.00. The summed E-state index contributed by atoms with van der Waals surface area (Å²) >= 11 is 1.23. The molecule has 11 heteroatoms. The Labute approximate surface area is 147 Å². The van der Waals surface area contributed by atoms with Crippen molar-refractivity contribution in [1.82, 2.24) is 15.1 Å². The first-order valence-corrected chi connectivity index (χ1v) is 8.19. The number of ketones is 1. The second-order valence-electron chi connectivity index (χ2n) is 5.01. The molecule has 0 saturated carbocycles. The molecule has 3 aromatic rings. The molecule has 136 valence electrons. The number of thioether (sulfide) groups is 1. The Morgan fingerprint density at radius 1 is 1.27 bits per heavy atom. The summed E-state index contributed by atoms with van der Waals surface area (Å²) < 4.78 is 60.4. The van der Waals surface area contributed by atoms with E-state index in [0.717, 1.165) is 6.07 Å². The SMILES string of the molecule is O=C(CSCc1cocn1)c1ccc(-c2noc(C(F)(F)F)n2)cc1F. The predicted molar refractivity (Wildman–Crippen MR) is 81.7 cm³/mol. The minimum atomic E-state index is -4.79. The Hall–Kier alpha value is -2.69. The van der Waals surface area contributed by atoms with E-state index in [0.29, 0.717) is 11.4 Å². The van der Waals surface area contributed by atoms with Crippen LogP contribution in [0, 0.1) is 5.82 Å². The molecule has 0 saturated heterocycles. The zero-order chi connectivity index (χ0) is 18.7. The highest BCUT2D eigenvalue weighted by Crippen LogP contribution is 2.29. The predicted octanol–water partition coefficient (Wildman–Crippen LogP) is 4.00. The zero-order valence-electron chi connectivity index (χ0n) is 12.8. The molecule has 0 unspecified atom stereocenters. The van der Waals surface area contributed by atoms with E-state index in [9.17, 15) is 22.4 Å². The van der Waals surface area contributed by atoms with Gasteiger partial charge in [0.15, 0.2) is 12.2 Å². The Morgan fingerprint density at radius 3 is 2.69 bits per heavy atom. The van der Waals surface area contributed by atoms with Crippen LogP contribution in [0.5, 0.6) is 0 Å². The maximum Gasteiger partial charge on any atom is 0.471 e. The number of carbonyl (C=O) groups is 1. The quantitative estimate of drug-likeness (QED) is 0.467. The van der Waals surface area contributed by atoms with Crippen molar-refractivity contribution in [3.8, 4) is 11.4 Å². The fourth-order valence-electron chi connectivity index (χ4n) is 1.97. The van der Waals surface area contributed by atoms with Crippen molar-refractivity contribution in [1.29, 1.82) is 0 Å². The highest BCUT2D eigenvalue weighted by atomic mass is 32.2. The molecule has 2 aromatic heterocycles. The average molecular weight is 387 g/mol. The van der Waals surface area contributed by atoms with Crippen molar-refractivity contribution in [2.24, 2.45) is 0 Å². The molecule has 0 N–H and O–H groups in total. The van der Waals surface area contributed by atoms with Gasteiger partial charge in [0, 0.05) is 11.3 Å². The largest absolute Gasteiger partial charge is 0.471 e. The molecular weight excluding hydrogens is 378 g/mol. The maximum atomic E-state index is 14.2. The first-order valence-electron chi connectivity index (χ1n) is 7.03. The molecule has 6 nitrogen and oxygen atoms in total. The summed E-state index contributed by atoms with van der Waals surface area (Å²) in [6.07, 6.45) is -2.09. The number of alkyl halides is 3. The van der Waals surface area contributed by atoms with Crippen LogP contribution in [0.4, 0.5) is 17.6 Å². The van der Waals surface area contributed by atoms with Gasteiger partial charge in [0.2, 0.25) is 5.82 Å². The van der Waals surface area contributed by atoms with E-state index < -0.39 is 29.5 Å². The van der Waals surface area contributed by atoms with E-state index >= 15 is 0 Å². The molecule has 26 heavy (non-hydrogen) atoms. The number of halogens is 4. The minimum absolute atomic E-state index is 0.00353. The standard InChI is InChI=1S/C15H9F4N3O3S/c16-11-3-8(13-21-14(25-22-13)15(17,18)19)1-2-10(11)12(23)6-26-5-9-4-24-7-20-9/h1-4,7H,5-6H2. The normalized spacial score (nSPS) is 11.7. The molecule has 3 rings (SSSR count). The van der Waals surface area contributed by atoms with Crippen LogP contribution in [0.2, 0.25) is 0 Å². The van der Waals surface area contributed by atoms with Crippen molar-refractivity contribution in [3.63, 3.8) is 0 Å². The van der Waals surface area contributed by atoms with E-state index in [1.807, 2.05) is 0 Å². The number of carbonyl (C=O) groups excluding carboxylic acids is 1. The lowest BCUT2D eigenvalue weighted by atomic mass is 10.1. The number of rotatable bonds is 6. The van der Waals surface area contributed by atoms with Gasteiger partial charge in [0.25, 0.3) is 0 Å². The fourth-order valence-corrected chi connectivity index (χ4v) is 2.77. The molecule has 0 aliphatic heterocycles. The van der Waals surface area contributed by atoms with Crippen molar-refractivity contribution in [2.45, 2.75) is 11.9 Å². The van der Waals surface area contributed by atoms with Crippen LogP contribution in [-0.2, 0) is 11.9 Å². The summed E-state index contributed by atoms with van der Waals surface area (Å²) in [6.45, 7) is 0. The van der Waals surface area contributed by atoms with Gasteiger partial charge in [-0.2, -0.15) is 18.2 Å². The van der Waals surface area contributed by atoms with Crippen LogP contribution in [0.25, 0.3) is 11.4 Å². The molecule has 0 atom stereocenters. The third kappa shape index (κ3) is 4.10. The number of nitrogens with zero attached hydrogens (tertiary/aromatic N) is 3. The Morgan fingerprint density at radius 2 is 2.08 bits per heavy atom. The van der Waals surface area contributed by atoms with Crippen LogP contribution >= 0.6 is 11.8 Å². The lowest BCUT2D eigenvalue weighted by molar-refractivity contribution is -0.159.